The minimum absolute atomic E-state index is 0.0214. The van der Waals surface area contributed by atoms with E-state index in [0.29, 0.717) is 39.4 Å². The molecular formula is C27H25FN4O4S2. The number of thioether (sulfide) groups is 1. The summed E-state index contributed by atoms with van der Waals surface area (Å²) in [7, 11) is 1.27. The first kappa shape index (κ1) is 27.1. The van der Waals surface area contributed by atoms with Gasteiger partial charge in [0.15, 0.2) is 17.1 Å². The lowest BCUT2D eigenvalue weighted by molar-refractivity contribution is -0.113. The van der Waals surface area contributed by atoms with Crippen LogP contribution in [-0.2, 0) is 16.1 Å². The van der Waals surface area contributed by atoms with Gasteiger partial charge in [-0.15, -0.1) is 28.1 Å². The predicted molar refractivity (Wildman–Crippen MR) is 146 cm³/mol. The number of thiophene rings is 1. The molecule has 11 heteroatoms. The maximum atomic E-state index is 13.4. The van der Waals surface area contributed by atoms with Crippen LogP contribution in [0.1, 0.15) is 29.2 Å². The number of amides is 1. The Balaban J connectivity index is 1.47. The van der Waals surface area contributed by atoms with E-state index in [0.717, 1.165) is 0 Å². The lowest BCUT2D eigenvalue weighted by atomic mass is 10.0. The number of hydrogen-bond acceptors (Lipinski definition) is 8. The molecule has 38 heavy (non-hydrogen) atoms. The number of allylic oxidation sites excluding steroid dienone is 1. The number of benzene rings is 2. The van der Waals surface area contributed by atoms with Crippen molar-refractivity contribution < 1.29 is 23.5 Å². The second kappa shape index (κ2) is 12.5. The molecule has 0 saturated heterocycles. The van der Waals surface area contributed by atoms with Gasteiger partial charge in [-0.2, -0.15) is 0 Å². The fourth-order valence-electron chi connectivity index (χ4n) is 3.65. The first-order valence-electron chi connectivity index (χ1n) is 11.5. The number of ether oxygens (including phenoxy) is 2. The quantitative estimate of drug-likeness (QED) is 0.139. The van der Waals surface area contributed by atoms with Crippen LogP contribution in [0.3, 0.4) is 0 Å². The molecule has 0 radical (unpaired) electrons. The van der Waals surface area contributed by atoms with E-state index in [1.54, 1.807) is 23.6 Å². The van der Waals surface area contributed by atoms with Crippen molar-refractivity contribution in [2.24, 2.45) is 0 Å². The topological polar surface area (TPSA) is 95.3 Å². The van der Waals surface area contributed by atoms with Crippen molar-refractivity contribution in [1.29, 1.82) is 0 Å². The van der Waals surface area contributed by atoms with E-state index in [4.69, 9.17) is 9.47 Å². The molecule has 1 amide bonds. The summed E-state index contributed by atoms with van der Waals surface area (Å²) in [6.07, 6.45) is 1.34. The van der Waals surface area contributed by atoms with Crippen molar-refractivity contribution in [2.45, 2.75) is 24.7 Å². The number of carbonyl (C=O) groups is 2. The number of methoxy groups -OCH3 is 1. The molecule has 0 fully saturated rings. The van der Waals surface area contributed by atoms with Gasteiger partial charge in [-0.1, -0.05) is 48.2 Å². The molecule has 8 nitrogen and oxygen atoms in total. The van der Waals surface area contributed by atoms with Crippen LogP contribution in [0, 0.1) is 5.82 Å². The first-order valence-corrected chi connectivity index (χ1v) is 13.4. The van der Waals surface area contributed by atoms with Gasteiger partial charge in [0.25, 0.3) is 0 Å². The van der Waals surface area contributed by atoms with Crippen LogP contribution in [0.2, 0.25) is 0 Å². The summed E-state index contributed by atoms with van der Waals surface area (Å²) in [5, 5.41) is 13.9. The summed E-state index contributed by atoms with van der Waals surface area (Å²) >= 11 is 2.39. The summed E-state index contributed by atoms with van der Waals surface area (Å²) in [6.45, 7) is 6.12. The van der Waals surface area contributed by atoms with Gasteiger partial charge in [-0.25, -0.2) is 9.18 Å². The molecule has 4 rings (SSSR count). The van der Waals surface area contributed by atoms with Gasteiger partial charge < -0.3 is 14.8 Å². The van der Waals surface area contributed by atoms with Crippen molar-refractivity contribution in [1.82, 2.24) is 14.8 Å². The number of anilines is 1. The van der Waals surface area contributed by atoms with Crippen LogP contribution in [0.4, 0.5) is 9.39 Å². The van der Waals surface area contributed by atoms with Gasteiger partial charge in [0.05, 0.1) is 12.9 Å². The van der Waals surface area contributed by atoms with E-state index in [1.165, 1.54) is 42.3 Å². The van der Waals surface area contributed by atoms with Gasteiger partial charge in [-0.05, 0) is 36.8 Å². The Morgan fingerprint density at radius 1 is 1.18 bits per heavy atom. The minimum atomic E-state index is -0.601. The van der Waals surface area contributed by atoms with Crippen LogP contribution in [0.25, 0.3) is 11.1 Å². The van der Waals surface area contributed by atoms with Crippen LogP contribution in [0.5, 0.6) is 5.75 Å². The third-order valence-electron chi connectivity index (χ3n) is 5.40. The highest BCUT2D eigenvalue weighted by molar-refractivity contribution is 7.99. The zero-order valence-electron chi connectivity index (χ0n) is 20.7. The number of nitrogens with zero attached hydrogens (tertiary/aromatic N) is 3. The predicted octanol–water partition coefficient (Wildman–Crippen LogP) is 5.99. The molecule has 0 aliphatic heterocycles. The van der Waals surface area contributed by atoms with Crippen LogP contribution in [-0.4, -0.2) is 39.5 Å². The summed E-state index contributed by atoms with van der Waals surface area (Å²) in [5.74, 6) is 0.00829. The molecular weight excluding hydrogens is 527 g/mol. The zero-order chi connectivity index (χ0) is 27.1. The molecule has 0 bridgehead atoms. The molecule has 0 saturated carbocycles. The minimum Gasteiger partial charge on any atom is -0.483 e. The van der Waals surface area contributed by atoms with Crippen molar-refractivity contribution in [2.75, 3.05) is 18.2 Å². The maximum Gasteiger partial charge on any atom is 0.341 e. The van der Waals surface area contributed by atoms with Gasteiger partial charge in [0.2, 0.25) is 5.91 Å². The van der Waals surface area contributed by atoms with E-state index >= 15 is 0 Å². The number of aromatic nitrogens is 3. The molecule has 2 heterocycles. The lowest BCUT2D eigenvalue weighted by Gasteiger charge is -2.15. The van der Waals surface area contributed by atoms with Gasteiger partial charge in [-0.3, -0.25) is 9.36 Å². The molecule has 2 aromatic heterocycles. The smallest absolute Gasteiger partial charge is 0.341 e. The molecule has 2 aromatic carbocycles. The van der Waals surface area contributed by atoms with E-state index in [9.17, 15) is 14.0 Å². The van der Waals surface area contributed by atoms with Crippen molar-refractivity contribution >= 4 is 40.0 Å². The molecule has 0 aliphatic carbocycles. The molecule has 4 aromatic rings. The molecule has 1 N–H and O–H groups in total. The molecule has 196 valence electrons. The first-order chi connectivity index (χ1) is 18.4. The summed E-state index contributed by atoms with van der Waals surface area (Å²) in [5.41, 5.74) is 1.40. The Bertz CT molecular complexity index is 1420. The highest BCUT2D eigenvalue weighted by atomic mass is 32.2. The highest BCUT2D eigenvalue weighted by Gasteiger charge is 2.24. The SMILES string of the molecule is C=CCn1c(SCC(=O)Nc2scc(-c3ccc(F)cc3)c2C(=O)OC)nnc1C(C)Oc1ccccc1. The zero-order valence-corrected chi connectivity index (χ0v) is 22.4. The van der Waals surface area contributed by atoms with Crippen LogP contribution < -0.4 is 10.1 Å². The number of para-hydroxylation sites is 1. The lowest BCUT2D eigenvalue weighted by Crippen LogP contribution is -2.17. The monoisotopic (exact) mass is 552 g/mol. The standard InChI is InChI=1S/C27H25FN4O4S2/c1-4-14-32-24(17(2)36-20-8-6-5-7-9-20)30-31-27(32)38-16-22(33)29-25-23(26(34)35-3)21(15-37-25)18-10-12-19(28)13-11-18/h4-13,15,17H,1,14,16H2,2-3H3,(H,29,33). The van der Waals surface area contributed by atoms with E-state index in [-0.39, 0.29) is 29.1 Å². The molecule has 0 spiro atoms. The van der Waals surface area contributed by atoms with E-state index in [1.807, 2.05) is 41.8 Å². The Morgan fingerprint density at radius 2 is 1.92 bits per heavy atom. The fraction of sp³-hybridized carbons (Fsp3) is 0.185. The van der Waals surface area contributed by atoms with Gasteiger partial charge in [0, 0.05) is 17.5 Å². The number of carbonyl (C=O) groups excluding carboxylic acids is 2. The largest absolute Gasteiger partial charge is 0.483 e. The third-order valence-corrected chi connectivity index (χ3v) is 7.26. The number of rotatable bonds is 11. The van der Waals surface area contributed by atoms with E-state index < -0.39 is 5.97 Å². The van der Waals surface area contributed by atoms with Crippen LogP contribution >= 0.6 is 23.1 Å². The van der Waals surface area contributed by atoms with Crippen molar-refractivity contribution in [3.8, 4) is 16.9 Å². The van der Waals surface area contributed by atoms with Crippen LogP contribution in [0.15, 0.2) is 77.8 Å². The number of nitrogens with one attached hydrogen (secondary N) is 1. The van der Waals surface area contributed by atoms with Crippen molar-refractivity contribution in [3.05, 3.63) is 89.8 Å². The Morgan fingerprint density at radius 3 is 2.61 bits per heavy atom. The molecule has 1 atom stereocenters. The molecule has 0 aliphatic rings. The van der Waals surface area contributed by atoms with E-state index in [2.05, 4.69) is 22.1 Å². The maximum absolute atomic E-state index is 13.4. The van der Waals surface area contributed by atoms with Crippen molar-refractivity contribution in [3.63, 3.8) is 0 Å². The molecule has 1 unspecified atom stereocenters. The van der Waals surface area contributed by atoms with Gasteiger partial charge >= 0.3 is 5.97 Å². The average molecular weight is 553 g/mol. The number of esters is 1. The van der Waals surface area contributed by atoms with Gasteiger partial charge in [0.1, 0.15) is 22.1 Å². The summed E-state index contributed by atoms with van der Waals surface area (Å²) < 4.78 is 26.1. The summed E-state index contributed by atoms with van der Waals surface area (Å²) in [4.78, 5) is 25.4. The highest BCUT2D eigenvalue weighted by Crippen LogP contribution is 2.36. The fourth-order valence-corrected chi connectivity index (χ4v) is 5.38. The Labute approximate surface area is 227 Å². The number of halogens is 1. The second-order valence-corrected chi connectivity index (χ2v) is 9.82. The Kier molecular flexibility index (Phi) is 8.93. The second-order valence-electron chi connectivity index (χ2n) is 8.00. The Hall–Kier alpha value is -3.96. The third kappa shape index (κ3) is 6.29. The summed E-state index contributed by atoms with van der Waals surface area (Å²) in [6, 6.07) is 15.2. The average Bonchev–Trinajstić information content (AvgIpc) is 3.52. The normalized spacial score (nSPS) is 11.6. The number of hydrogen-bond donors (Lipinski definition) is 1.